The topological polar surface area (TPSA) is 55.4 Å². The minimum Gasteiger partial charge on any atom is -0.467 e. The molecule has 0 aliphatic carbocycles. The van der Waals surface area contributed by atoms with E-state index in [2.05, 4.69) is 27.9 Å². The van der Waals surface area contributed by atoms with Crippen molar-refractivity contribution in [2.45, 2.75) is 12.5 Å². The van der Waals surface area contributed by atoms with Crippen LogP contribution in [0, 0.1) is 3.57 Å². The van der Waals surface area contributed by atoms with Crippen LogP contribution in [0.25, 0.3) is 0 Å². The van der Waals surface area contributed by atoms with Crippen LogP contribution < -0.4 is 5.32 Å². The Morgan fingerprint density at radius 3 is 2.43 bits per heavy atom. The minimum atomic E-state index is -0.774. The lowest BCUT2D eigenvalue weighted by atomic mass is 10.1. The molecule has 0 radical (unpaired) electrons. The molecule has 2 rings (SSSR count). The van der Waals surface area contributed by atoms with Crippen molar-refractivity contribution in [2.75, 3.05) is 7.11 Å². The van der Waals surface area contributed by atoms with Gasteiger partial charge in [-0.05, 0) is 52.4 Å². The van der Waals surface area contributed by atoms with Gasteiger partial charge in [-0.25, -0.2) is 4.79 Å². The zero-order chi connectivity index (χ0) is 16.8. The highest BCUT2D eigenvalue weighted by atomic mass is 127. The van der Waals surface area contributed by atoms with Crippen LogP contribution in [0.2, 0.25) is 5.02 Å². The molecule has 6 heteroatoms. The molecule has 0 aliphatic heterocycles. The number of amides is 1. The van der Waals surface area contributed by atoms with Gasteiger partial charge in [-0.1, -0.05) is 35.9 Å². The Kier molecular flexibility index (Phi) is 6.41. The fourth-order valence-corrected chi connectivity index (χ4v) is 2.65. The van der Waals surface area contributed by atoms with Crippen LogP contribution in [0.4, 0.5) is 0 Å². The molecule has 0 unspecified atom stereocenters. The number of benzene rings is 2. The zero-order valence-corrected chi connectivity index (χ0v) is 15.3. The van der Waals surface area contributed by atoms with Crippen LogP contribution in [0.15, 0.2) is 48.5 Å². The number of rotatable bonds is 5. The molecule has 23 heavy (non-hydrogen) atoms. The molecule has 0 fully saturated rings. The maximum absolute atomic E-state index is 12.3. The van der Waals surface area contributed by atoms with Crippen LogP contribution in [0.1, 0.15) is 15.9 Å². The molecule has 0 aromatic heterocycles. The van der Waals surface area contributed by atoms with Gasteiger partial charge in [0, 0.05) is 9.99 Å². The van der Waals surface area contributed by atoms with Gasteiger partial charge in [0.25, 0.3) is 5.91 Å². The molecule has 0 saturated heterocycles. The zero-order valence-electron chi connectivity index (χ0n) is 12.4. The molecular formula is C17H15ClINO3. The first-order valence-electron chi connectivity index (χ1n) is 6.89. The molecule has 4 nitrogen and oxygen atoms in total. The summed E-state index contributed by atoms with van der Waals surface area (Å²) in [7, 11) is 1.30. The second-order valence-electron chi connectivity index (χ2n) is 4.86. The third-order valence-corrected chi connectivity index (χ3v) is 4.31. The first-order valence-corrected chi connectivity index (χ1v) is 8.34. The lowest BCUT2D eigenvalue weighted by Gasteiger charge is -2.17. The maximum atomic E-state index is 12.3. The van der Waals surface area contributed by atoms with Crippen molar-refractivity contribution in [1.82, 2.24) is 5.32 Å². The second-order valence-corrected chi connectivity index (χ2v) is 6.51. The summed E-state index contributed by atoms with van der Waals surface area (Å²) in [6.45, 7) is 0. The molecule has 2 aromatic rings. The van der Waals surface area contributed by atoms with Crippen LogP contribution >= 0.6 is 34.2 Å². The Hall–Kier alpha value is -1.60. The third-order valence-electron chi connectivity index (χ3n) is 3.26. The quantitative estimate of drug-likeness (QED) is 0.569. The van der Waals surface area contributed by atoms with Gasteiger partial charge in [0.2, 0.25) is 0 Å². The average molecular weight is 444 g/mol. The number of esters is 1. The van der Waals surface area contributed by atoms with E-state index in [1.54, 1.807) is 24.3 Å². The fourth-order valence-electron chi connectivity index (χ4n) is 2.07. The van der Waals surface area contributed by atoms with Gasteiger partial charge < -0.3 is 10.1 Å². The molecule has 0 aliphatic rings. The number of nitrogens with one attached hydrogen (secondary N) is 1. The summed E-state index contributed by atoms with van der Waals surface area (Å²) in [4.78, 5) is 24.3. The molecule has 0 heterocycles. The highest BCUT2D eigenvalue weighted by Gasteiger charge is 2.23. The standard InChI is InChI=1S/C17H15ClINO3/c1-23-17(22)15(10-11-6-8-12(19)9-7-11)20-16(21)13-4-2-3-5-14(13)18/h2-9,15H,10H2,1H3,(H,20,21)/t15-/m0/s1. The van der Waals surface area contributed by atoms with Crippen molar-refractivity contribution in [1.29, 1.82) is 0 Å². The van der Waals surface area contributed by atoms with Gasteiger partial charge in [-0.3, -0.25) is 4.79 Å². The Morgan fingerprint density at radius 1 is 1.17 bits per heavy atom. The van der Waals surface area contributed by atoms with Gasteiger partial charge in [0.1, 0.15) is 6.04 Å². The summed E-state index contributed by atoms with van der Waals surface area (Å²) in [6, 6.07) is 13.6. The van der Waals surface area contributed by atoms with E-state index in [1.807, 2.05) is 24.3 Å². The highest BCUT2D eigenvalue weighted by Crippen LogP contribution is 2.15. The van der Waals surface area contributed by atoms with E-state index in [0.717, 1.165) is 9.13 Å². The fraction of sp³-hybridized carbons (Fsp3) is 0.176. The van der Waals surface area contributed by atoms with Crippen molar-refractivity contribution < 1.29 is 14.3 Å². The molecule has 0 saturated carbocycles. The number of ether oxygens (including phenoxy) is 1. The van der Waals surface area contributed by atoms with Gasteiger partial charge in [-0.2, -0.15) is 0 Å². The highest BCUT2D eigenvalue weighted by molar-refractivity contribution is 14.1. The Labute approximate surface area is 153 Å². The van der Waals surface area contributed by atoms with Crippen molar-refractivity contribution in [3.05, 3.63) is 68.3 Å². The summed E-state index contributed by atoms with van der Waals surface area (Å²) >= 11 is 8.22. The van der Waals surface area contributed by atoms with Crippen LogP contribution in [-0.4, -0.2) is 25.0 Å². The lowest BCUT2D eigenvalue weighted by Crippen LogP contribution is -2.43. The monoisotopic (exact) mass is 443 g/mol. The van der Waals surface area contributed by atoms with Gasteiger partial charge in [0.15, 0.2) is 0 Å². The predicted octanol–water partition coefficient (Wildman–Crippen LogP) is 3.46. The summed E-state index contributed by atoms with van der Waals surface area (Å²) in [5, 5.41) is 3.02. The Morgan fingerprint density at radius 2 is 1.83 bits per heavy atom. The SMILES string of the molecule is COC(=O)[C@H](Cc1ccc(I)cc1)NC(=O)c1ccccc1Cl. The first kappa shape index (κ1) is 17.7. The van der Waals surface area contributed by atoms with Crippen molar-refractivity contribution in [2.24, 2.45) is 0 Å². The van der Waals surface area contributed by atoms with Gasteiger partial charge >= 0.3 is 5.97 Å². The first-order chi connectivity index (χ1) is 11.0. The molecular weight excluding hydrogens is 429 g/mol. The number of hydrogen-bond donors (Lipinski definition) is 1. The maximum Gasteiger partial charge on any atom is 0.328 e. The second kappa shape index (κ2) is 8.31. The number of halogens is 2. The third kappa shape index (κ3) is 4.94. The largest absolute Gasteiger partial charge is 0.467 e. The summed E-state index contributed by atoms with van der Waals surface area (Å²) in [6.07, 6.45) is 0.347. The summed E-state index contributed by atoms with van der Waals surface area (Å²) < 4.78 is 5.89. The summed E-state index contributed by atoms with van der Waals surface area (Å²) in [5.41, 5.74) is 1.26. The van der Waals surface area contributed by atoms with Gasteiger partial charge in [-0.15, -0.1) is 0 Å². The normalized spacial score (nSPS) is 11.6. The molecule has 1 N–H and O–H groups in total. The molecule has 0 spiro atoms. The molecule has 0 bridgehead atoms. The van der Waals surface area contributed by atoms with Crippen LogP contribution in [-0.2, 0) is 16.0 Å². The Bertz CT molecular complexity index is 703. The molecule has 120 valence electrons. The smallest absolute Gasteiger partial charge is 0.328 e. The van der Waals surface area contributed by atoms with E-state index in [0.29, 0.717) is 17.0 Å². The van der Waals surface area contributed by atoms with Crippen LogP contribution in [0.5, 0.6) is 0 Å². The number of methoxy groups -OCH3 is 1. The molecule has 1 atom stereocenters. The van der Waals surface area contributed by atoms with Crippen molar-refractivity contribution in [3.8, 4) is 0 Å². The number of carbonyl (C=O) groups is 2. The van der Waals surface area contributed by atoms with E-state index < -0.39 is 17.9 Å². The number of carbonyl (C=O) groups excluding carboxylic acids is 2. The van der Waals surface area contributed by atoms with E-state index in [9.17, 15) is 9.59 Å². The lowest BCUT2D eigenvalue weighted by molar-refractivity contribution is -0.142. The number of hydrogen-bond acceptors (Lipinski definition) is 3. The summed E-state index contributed by atoms with van der Waals surface area (Å²) in [5.74, 6) is -0.902. The van der Waals surface area contributed by atoms with Crippen molar-refractivity contribution >= 4 is 46.1 Å². The van der Waals surface area contributed by atoms with Gasteiger partial charge in [0.05, 0.1) is 17.7 Å². The van der Waals surface area contributed by atoms with E-state index >= 15 is 0 Å². The van der Waals surface area contributed by atoms with Crippen LogP contribution in [0.3, 0.4) is 0 Å². The van der Waals surface area contributed by atoms with E-state index in [1.165, 1.54) is 7.11 Å². The average Bonchev–Trinajstić information content (AvgIpc) is 2.55. The predicted molar refractivity (Wildman–Crippen MR) is 97.6 cm³/mol. The molecule has 2 aromatic carbocycles. The Balaban J connectivity index is 2.15. The minimum absolute atomic E-state index is 0.325. The molecule has 1 amide bonds. The van der Waals surface area contributed by atoms with E-state index in [4.69, 9.17) is 16.3 Å². The van der Waals surface area contributed by atoms with Crippen molar-refractivity contribution in [3.63, 3.8) is 0 Å². The van der Waals surface area contributed by atoms with E-state index in [-0.39, 0.29) is 0 Å².